The molecule has 1 aliphatic heterocycles. The molecular weight excluding hydrogens is 509 g/mol. The van der Waals surface area contributed by atoms with Gasteiger partial charge in [-0.2, -0.15) is 26.3 Å². The van der Waals surface area contributed by atoms with Gasteiger partial charge in [-0.25, -0.2) is 4.79 Å². The summed E-state index contributed by atoms with van der Waals surface area (Å²) in [5.74, 6) is -0.363. The fraction of sp³-hybridized carbons (Fsp3) is 0.409. The molecule has 0 saturated carbocycles. The number of nitrogens with one attached hydrogen (secondary N) is 1. The number of nitrogens with zero attached hydrogens (tertiary/aromatic N) is 1. The summed E-state index contributed by atoms with van der Waals surface area (Å²) in [4.78, 5) is 13.5. The van der Waals surface area contributed by atoms with Crippen molar-refractivity contribution in [3.05, 3.63) is 64.7 Å². The van der Waals surface area contributed by atoms with Crippen LogP contribution in [0.15, 0.2) is 48.5 Å². The Hall–Kier alpha value is -2.17. The summed E-state index contributed by atoms with van der Waals surface area (Å²) in [6, 6.07) is 10.6. The molecule has 0 bridgehead atoms. The quantitative estimate of drug-likeness (QED) is 0.417. The molecule has 0 unspecified atom stereocenters. The number of hydrogen-bond donors (Lipinski definition) is 1. The SMILES string of the molecule is Cl.O=C(Nc1ccc(Cl)cc1)O[C@@H](CN1CCC[C@H](c2cccc(C(F)(F)F)c2)C1)C(F)(F)F. The lowest BCUT2D eigenvalue weighted by Crippen LogP contribution is -2.47. The number of anilines is 1. The lowest BCUT2D eigenvalue weighted by Gasteiger charge is -2.35. The lowest BCUT2D eigenvalue weighted by molar-refractivity contribution is -0.207. The molecule has 2 aromatic rings. The zero-order valence-corrected chi connectivity index (χ0v) is 19.2. The first-order chi connectivity index (χ1) is 15.4. The Bertz CT molecular complexity index is 954. The number of carbonyl (C=O) groups excluding carboxylic acids is 1. The van der Waals surface area contributed by atoms with Gasteiger partial charge >= 0.3 is 18.4 Å². The Kier molecular flexibility index (Phi) is 9.50. The van der Waals surface area contributed by atoms with Crippen molar-refractivity contribution in [1.29, 1.82) is 0 Å². The highest BCUT2D eigenvalue weighted by molar-refractivity contribution is 6.30. The van der Waals surface area contributed by atoms with E-state index in [0.29, 0.717) is 30.0 Å². The highest BCUT2D eigenvalue weighted by Gasteiger charge is 2.44. The van der Waals surface area contributed by atoms with Crippen molar-refractivity contribution in [2.24, 2.45) is 0 Å². The first kappa shape index (κ1) is 28.1. The molecule has 188 valence electrons. The predicted octanol–water partition coefficient (Wildman–Crippen LogP) is 7.14. The monoisotopic (exact) mass is 530 g/mol. The third-order valence-corrected chi connectivity index (χ3v) is 5.57. The van der Waals surface area contributed by atoms with Crippen molar-refractivity contribution < 1.29 is 35.9 Å². The Morgan fingerprint density at radius 2 is 1.79 bits per heavy atom. The minimum atomic E-state index is -4.82. The molecule has 1 amide bonds. The average Bonchev–Trinajstić information content (AvgIpc) is 2.74. The van der Waals surface area contributed by atoms with E-state index in [4.69, 9.17) is 11.6 Å². The van der Waals surface area contributed by atoms with E-state index in [-0.39, 0.29) is 30.6 Å². The molecule has 12 heteroatoms. The molecule has 4 nitrogen and oxygen atoms in total. The number of likely N-dealkylation sites (tertiary alicyclic amines) is 1. The summed E-state index contributed by atoms with van der Waals surface area (Å²) >= 11 is 5.73. The molecule has 3 rings (SSSR count). The number of carbonyl (C=O) groups is 1. The van der Waals surface area contributed by atoms with Gasteiger partial charge < -0.3 is 4.74 Å². The molecular formula is C22H22Cl2F6N2O2. The molecule has 1 N–H and O–H groups in total. The minimum Gasteiger partial charge on any atom is -0.435 e. The van der Waals surface area contributed by atoms with Gasteiger partial charge in [-0.1, -0.05) is 29.8 Å². The van der Waals surface area contributed by atoms with Crippen LogP contribution in [0.1, 0.15) is 29.9 Å². The number of benzene rings is 2. The first-order valence-corrected chi connectivity index (χ1v) is 10.5. The van der Waals surface area contributed by atoms with Gasteiger partial charge in [-0.05, 0) is 61.2 Å². The summed E-state index contributed by atoms with van der Waals surface area (Å²) in [5, 5.41) is 2.61. The van der Waals surface area contributed by atoms with E-state index in [1.807, 2.05) is 0 Å². The van der Waals surface area contributed by atoms with Gasteiger partial charge in [-0.15, -0.1) is 12.4 Å². The van der Waals surface area contributed by atoms with Crippen LogP contribution in [-0.2, 0) is 10.9 Å². The fourth-order valence-electron chi connectivity index (χ4n) is 3.71. The number of piperidine rings is 1. The second-order valence-electron chi connectivity index (χ2n) is 7.79. The van der Waals surface area contributed by atoms with E-state index in [1.54, 1.807) is 6.07 Å². The van der Waals surface area contributed by atoms with Gasteiger partial charge in [0, 0.05) is 23.8 Å². The molecule has 1 fully saturated rings. The van der Waals surface area contributed by atoms with Crippen LogP contribution in [0.5, 0.6) is 0 Å². The third-order valence-electron chi connectivity index (χ3n) is 5.32. The van der Waals surface area contributed by atoms with Crippen LogP contribution in [-0.4, -0.2) is 42.9 Å². The van der Waals surface area contributed by atoms with Crippen LogP contribution in [0.3, 0.4) is 0 Å². The van der Waals surface area contributed by atoms with E-state index in [2.05, 4.69) is 10.1 Å². The maximum Gasteiger partial charge on any atom is 0.426 e. The van der Waals surface area contributed by atoms with Crippen LogP contribution in [0.4, 0.5) is 36.8 Å². The molecule has 1 aliphatic rings. The summed E-state index contributed by atoms with van der Waals surface area (Å²) < 4.78 is 84.4. The van der Waals surface area contributed by atoms with Crippen LogP contribution in [0.25, 0.3) is 0 Å². The van der Waals surface area contributed by atoms with Crippen molar-refractivity contribution in [2.45, 2.75) is 37.2 Å². The molecule has 0 spiro atoms. The number of hydrogen-bond acceptors (Lipinski definition) is 3. The van der Waals surface area contributed by atoms with Crippen molar-refractivity contribution in [1.82, 2.24) is 4.90 Å². The Labute approximate surface area is 203 Å². The van der Waals surface area contributed by atoms with Crippen LogP contribution in [0, 0.1) is 0 Å². The van der Waals surface area contributed by atoms with Gasteiger partial charge in [0.15, 0.2) is 0 Å². The number of ether oxygens (including phenoxy) is 1. The van der Waals surface area contributed by atoms with Crippen LogP contribution in [0.2, 0.25) is 5.02 Å². The standard InChI is InChI=1S/C22H21ClF6N2O2.ClH/c23-17-6-8-18(9-7-17)30-20(32)33-19(22(27,28)29)13-31-10-2-4-15(12-31)14-3-1-5-16(11-14)21(24,25)26;/h1,3,5-9,11,15,19H,2,4,10,12-13H2,(H,30,32);1H/t15-,19-;/m0./s1. The molecule has 34 heavy (non-hydrogen) atoms. The summed E-state index contributed by atoms with van der Waals surface area (Å²) in [7, 11) is 0. The largest absolute Gasteiger partial charge is 0.435 e. The minimum absolute atomic E-state index is 0. The van der Waals surface area contributed by atoms with Gasteiger partial charge in [0.25, 0.3) is 0 Å². The van der Waals surface area contributed by atoms with E-state index in [1.165, 1.54) is 35.2 Å². The maximum atomic E-state index is 13.6. The van der Waals surface area contributed by atoms with Crippen molar-refractivity contribution in [3.8, 4) is 0 Å². The second-order valence-corrected chi connectivity index (χ2v) is 8.23. The number of alkyl halides is 6. The maximum absolute atomic E-state index is 13.6. The van der Waals surface area contributed by atoms with Gasteiger partial charge in [-0.3, -0.25) is 10.2 Å². The van der Waals surface area contributed by atoms with Crippen LogP contribution < -0.4 is 5.32 Å². The topological polar surface area (TPSA) is 41.6 Å². The Balaban J connectivity index is 0.00000408. The van der Waals surface area contributed by atoms with Crippen LogP contribution >= 0.6 is 24.0 Å². The summed E-state index contributed by atoms with van der Waals surface area (Å²) in [5.41, 5.74) is -0.167. The van der Waals surface area contributed by atoms with E-state index in [9.17, 15) is 31.1 Å². The summed E-state index contributed by atoms with van der Waals surface area (Å²) in [6.45, 7) is -0.187. The molecule has 0 aliphatic carbocycles. The smallest absolute Gasteiger partial charge is 0.426 e. The highest BCUT2D eigenvalue weighted by Crippen LogP contribution is 2.34. The normalized spacial score (nSPS) is 18.0. The molecule has 1 saturated heterocycles. The molecule has 0 aromatic heterocycles. The Morgan fingerprint density at radius 1 is 1.12 bits per heavy atom. The predicted molar refractivity (Wildman–Crippen MR) is 119 cm³/mol. The average molecular weight is 531 g/mol. The molecule has 0 radical (unpaired) electrons. The van der Waals surface area contributed by atoms with Crippen molar-refractivity contribution in [3.63, 3.8) is 0 Å². The molecule has 2 atom stereocenters. The zero-order valence-electron chi connectivity index (χ0n) is 17.6. The van der Waals surface area contributed by atoms with Crippen molar-refractivity contribution >= 4 is 35.8 Å². The van der Waals surface area contributed by atoms with Gasteiger partial charge in [0.1, 0.15) is 0 Å². The van der Waals surface area contributed by atoms with E-state index in [0.717, 1.165) is 12.1 Å². The van der Waals surface area contributed by atoms with E-state index >= 15 is 0 Å². The number of halogens is 8. The van der Waals surface area contributed by atoms with Gasteiger partial charge in [0.05, 0.1) is 5.56 Å². The number of rotatable bonds is 5. The van der Waals surface area contributed by atoms with Crippen molar-refractivity contribution in [2.75, 3.05) is 25.0 Å². The third kappa shape index (κ3) is 7.95. The molecule has 1 heterocycles. The van der Waals surface area contributed by atoms with E-state index < -0.39 is 36.7 Å². The second kappa shape index (κ2) is 11.5. The highest BCUT2D eigenvalue weighted by atomic mass is 35.5. The fourth-order valence-corrected chi connectivity index (χ4v) is 3.84. The van der Waals surface area contributed by atoms with Gasteiger partial charge in [0.2, 0.25) is 6.10 Å². The summed E-state index contributed by atoms with van der Waals surface area (Å²) in [6.07, 6.45) is -11.9. The lowest BCUT2D eigenvalue weighted by atomic mass is 9.89. The molecule has 2 aromatic carbocycles. The zero-order chi connectivity index (χ0) is 24.2. The first-order valence-electron chi connectivity index (χ1n) is 10.1. The Morgan fingerprint density at radius 3 is 2.41 bits per heavy atom. The number of amides is 1.